The molecule has 27 heavy (non-hydrogen) atoms. The number of Topliss-reactive ketones (excluding diaryl/α,β-unsaturated/α-hetero) is 1. The number of halogens is 3. The number of alkyl halides is 3. The number of piperidine rings is 1. The Hall–Kier alpha value is -1.71. The zero-order valence-electron chi connectivity index (χ0n) is 14.5. The number of carbonyl (C=O) groups excluding carboxylic acids is 1. The number of carbonyl (C=O) groups is 1. The Balaban J connectivity index is 1.81. The number of thiophene rings is 1. The van der Waals surface area contributed by atoms with Gasteiger partial charge < -0.3 is 0 Å². The summed E-state index contributed by atoms with van der Waals surface area (Å²) >= 11 is 1.16. The minimum absolute atomic E-state index is 0.0195. The molecule has 1 aromatic heterocycles. The van der Waals surface area contributed by atoms with Gasteiger partial charge in [0.1, 0.15) is 4.21 Å². The fourth-order valence-electron chi connectivity index (χ4n) is 3.14. The Bertz CT molecular complexity index is 951. The first-order valence-electron chi connectivity index (χ1n) is 8.37. The third-order valence-electron chi connectivity index (χ3n) is 4.54. The molecule has 0 amide bonds. The molecule has 3 rings (SSSR count). The molecule has 1 aliphatic rings. The van der Waals surface area contributed by atoms with E-state index < -0.39 is 33.5 Å². The Morgan fingerprint density at radius 2 is 1.96 bits per heavy atom. The SMILES string of the molecule is Cc1ccc(S(=O)(=O)N2CCCC(C(=O)c3cccc(C(F)(F)F)c3)C2)s1. The van der Waals surface area contributed by atoms with Crippen LogP contribution in [0.25, 0.3) is 0 Å². The first kappa shape index (κ1) is 20.0. The molecule has 146 valence electrons. The topological polar surface area (TPSA) is 54.5 Å². The van der Waals surface area contributed by atoms with Crippen molar-refractivity contribution in [3.63, 3.8) is 0 Å². The Kier molecular flexibility index (Phi) is 5.47. The molecule has 1 saturated heterocycles. The van der Waals surface area contributed by atoms with Gasteiger partial charge in [-0.3, -0.25) is 4.79 Å². The van der Waals surface area contributed by atoms with E-state index in [4.69, 9.17) is 0 Å². The van der Waals surface area contributed by atoms with Gasteiger partial charge in [0.25, 0.3) is 10.0 Å². The van der Waals surface area contributed by atoms with Gasteiger partial charge in [-0.2, -0.15) is 17.5 Å². The van der Waals surface area contributed by atoms with E-state index in [1.54, 1.807) is 13.0 Å². The molecule has 0 spiro atoms. The van der Waals surface area contributed by atoms with Crippen LogP contribution in [0.2, 0.25) is 0 Å². The molecule has 1 unspecified atom stereocenters. The van der Waals surface area contributed by atoms with Gasteiger partial charge in [-0.15, -0.1) is 11.3 Å². The lowest BCUT2D eigenvalue weighted by Crippen LogP contribution is -2.42. The maximum absolute atomic E-state index is 12.9. The van der Waals surface area contributed by atoms with Crippen molar-refractivity contribution in [2.45, 2.75) is 30.2 Å². The number of hydrogen-bond donors (Lipinski definition) is 0. The average molecular weight is 417 g/mol. The molecule has 9 heteroatoms. The molecule has 1 atom stereocenters. The molecule has 2 aromatic rings. The summed E-state index contributed by atoms with van der Waals surface area (Å²) in [5.74, 6) is -1.11. The van der Waals surface area contributed by atoms with E-state index in [0.29, 0.717) is 19.4 Å². The molecular weight excluding hydrogens is 399 g/mol. The second-order valence-electron chi connectivity index (χ2n) is 6.51. The number of rotatable bonds is 4. The number of hydrogen-bond acceptors (Lipinski definition) is 4. The van der Waals surface area contributed by atoms with Crippen LogP contribution in [-0.4, -0.2) is 31.6 Å². The van der Waals surface area contributed by atoms with E-state index in [0.717, 1.165) is 28.3 Å². The smallest absolute Gasteiger partial charge is 0.294 e. The van der Waals surface area contributed by atoms with Crippen molar-refractivity contribution in [3.8, 4) is 0 Å². The van der Waals surface area contributed by atoms with Gasteiger partial charge in [0.15, 0.2) is 5.78 Å². The second kappa shape index (κ2) is 7.37. The van der Waals surface area contributed by atoms with E-state index in [1.807, 2.05) is 0 Å². The standard InChI is InChI=1S/C18H18F3NO3S2/c1-12-7-8-16(26-12)27(24,25)22-9-3-5-14(11-22)17(23)13-4-2-6-15(10-13)18(19,20)21/h2,4,6-8,10,14H,3,5,9,11H2,1H3. The van der Waals surface area contributed by atoms with Crippen LogP contribution in [-0.2, 0) is 16.2 Å². The monoisotopic (exact) mass is 417 g/mol. The van der Waals surface area contributed by atoms with E-state index in [-0.39, 0.29) is 16.3 Å². The zero-order valence-corrected chi connectivity index (χ0v) is 16.1. The highest BCUT2D eigenvalue weighted by atomic mass is 32.2. The van der Waals surface area contributed by atoms with Gasteiger partial charge in [0.05, 0.1) is 5.56 Å². The number of sulfonamides is 1. The van der Waals surface area contributed by atoms with Crippen LogP contribution in [0.5, 0.6) is 0 Å². The average Bonchev–Trinajstić information content (AvgIpc) is 3.08. The maximum atomic E-state index is 12.9. The van der Waals surface area contributed by atoms with E-state index >= 15 is 0 Å². The third kappa shape index (κ3) is 4.25. The van der Waals surface area contributed by atoms with Crippen molar-refractivity contribution in [1.29, 1.82) is 0 Å². The summed E-state index contributed by atoms with van der Waals surface area (Å²) < 4.78 is 65.7. The van der Waals surface area contributed by atoms with Crippen molar-refractivity contribution in [3.05, 3.63) is 52.4 Å². The van der Waals surface area contributed by atoms with Crippen molar-refractivity contribution in [2.24, 2.45) is 5.92 Å². The number of aryl methyl sites for hydroxylation is 1. The molecular formula is C18H18F3NO3S2. The summed E-state index contributed by atoms with van der Waals surface area (Å²) in [6.45, 7) is 2.08. The fourth-order valence-corrected chi connectivity index (χ4v) is 6.10. The molecule has 0 aliphatic carbocycles. The highest BCUT2D eigenvalue weighted by Crippen LogP contribution is 2.32. The van der Waals surface area contributed by atoms with Gasteiger partial charge in [0.2, 0.25) is 0 Å². The van der Waals surface area contributed by atoms with Gasteiger partial charge in [-0.05, 0) is 44.0 Å². The van der Waals surface area contributed by atoms with E-state index in [1.165, 1.54) is 22.5 Å². The number of ketones is 1. The highest BCUT2D eigenvalue weighted by Gasteiger charge is 2.35. The van der Waals surface area contributed by atoms with Gasteiger partial charge in [-0.1, -0.05) is 12.1 Å². The largest absolute Gasteiger partial charge is 0.416 e. The number of benzene rings is 1. The maximum Gasteiger partial charge on any atom is 0.416 e. The predicted molar refractivity (Wildman–Crippen MR) is 96.3 cm³/mol. The molecule has 1 aliphatic heterocycles. The molecule has 2 heterocycles. The molecule has 1 fully saturated rings. The lowest BCUT2D eigenvalue weighted by atomic mass is 9.90. The first-order chi connectivity index (χ1) is 12.6. The summed E-state index contributed by atoms with van der Waals surface area (Å²) in [5, 5.41) is 0. The van der Waals surface area contributed by atoms with Gasteiger partial charge in [-0.25, -0.2) is 8.42 Å². The van der Waals surface area contributed by atoms with Crippen molar-refractivity contribution in [2.75, 3.05) is 13.1 Å². The minimum Gasteiger partial charge on any atom is -0.294 e. The van der Waals surface area contributed by atoms with Gasteiger partial charge in [0, 0.05) is 29.4 Å². The van der Waals surface area contributed by atoms with Crippen LogP contribution in [0.15, 0.2) is 40.6 Å². The Morgan fingerprint density at radius 3 is 2.59 bits per heavy atom. The highest BCUT2D eigenvalue weighted by molar-refractivity contribution is 7.91. The molecule has 4 nitrogen and oxygen atoms in total. The normalized spacial score (nSPS) is 19.2. The lowest BCUT2D eigenvalue weighted by molar-refractivity contribution is -0.137. The number of nitrogens with zero attached hydrogens (tertiary/aromatic N) is 1. The summed E-state index contributed by atoms with van der Waals surface area (Å²) in [6, 6.07) is 7.53. The molecule has 0 radical (unpaired) electrons. The minimum atomic E-state index is -4.53. The van der Waals surface area contributed by atoms with Crippen LogP contribution in [0.4, 0.5) is 13.2 Å². The molecule has 0 bridgehead atoms. The summed E-state index contributed by atoms with van der Waals surface area (Å²) in [4.78, 5) is 13.6. The molecule has 0 saturated carbocycles. The van der Waals surface area contributed by atoms with Gasteiger partial charge >= 0.3 is 6.18 Å². The first-order valence-corrected chi connectivity index (χ1v) is 10.6. The lowest BCUT2D eigenvalue weighted by Gasteiger charge is -2.30. The van der Waals surface area contributed by atoms with Crippen LogP contribution >= 0.6 is 11.3 Å². The summed E-state index contributed by atoms with van der Waals surface area (Å²) in [6.07, 6.45) is -3.60. The third-order valence-corrected chi connectivity index (χ3v) is 7.87. The second-order valence-corrected chi connectivity index (χ2v) is 9.96. The van der Waals surface area contributed by atoms with E-state index in [2.05, 4.69) is 0 Å². The molecule has 0 N–H and O–H groups in total. The van der Waals surface area contributed by atoms with Crippen molar-refractivity contribution >= 4 is 27.1 Å². The van der Waals surface area contributed by atoms with Crippen LogP contribution in [0.3, 0.4) is 0 Å². The van der Waals surface area contributed by atoms with Crippen LogP contribution in [0, 0.1) is 12.8 Å². The van der Waals surface area contributed by atoms with E-state index in [9.17, 15) is 26.4 Å². The quantitative estimate of drug-likeness (QED) is 0.695. The van der Waals surface area contributed by atoms with Crippen molar-refractivity contribution < 1.29 is 26.4 Å². The molecule has 1 aromatic carbocycles. The summed E-state index contributed by atoms with van der Waals surface area (Å²) in [7, 11) is -3.70. The Morgan fingerprint density at radius 1 is 1.22 bits per heavy atom. The fraction of sp³-hybridized carbons (Fsp3) is 0.389. The van der Waals surface area contributed by atoms with Crippen LogP contribution in [0.1, 0.15) is 33.6 Å². The zero-order chi connectivity index (χ0) is 19.8. The summed E-state index contributed by atoms with van der Waals surface area (Å²) in [5.41, 5.74) is -0.927. The predicted octanol–water partition coefficient (Wildman–Crippen LogP) is 4.36. The van der Waals surface area contributed by atoms with Crippen LogP contribution < -0.4 is 0 Å². The van der Waals surface area contributed by atoms with Crippen molar-refractivity contribution in [1.82, 2.24) is 4.31 Å². The Labute approximate surface area is 159 Å².